The Labute approximate surface area is 119 Å². The topological polar surface area (TPSA) is 143 Å². The summed E-state index contributed by atoms with van der Waals surface area (Å²) < 4.78 is 10.2. The van der Waals surface area contributed by atoms with Crippen LogP contribution in [0.15, 0.2) is 24.3 Å². The number of hydrogen-bond donors (Lipinski definition) is 4. The number of benzene rings is 1. The molecular weight excluding hydrogens is 286 g/mol. The van der Waals surface area contributed by atoms with Crippen molar-refractivity contribution in [1.29, 1.82) is 0 Å². The summed E-state index contributed by atoms with van der Waals surface area (Å²) in [6.45, 7) is -0.570. The van der Waals surface area contributed by atoms with Crippen LogP contribution in [0.3, 0.4) is 0 Å². The molecular formula is C12H15NO8. The van der Waals surface area contributed by atoms with Crippen LogP contribution in [0.4, 0.5) is 5.69 Å². The number of nitro groups is 1. The van der Waals surface area contributed by atoms with Crippen molar-refractivity contribution in [1.82, 2.24) is 0 Å². The number of non-ortho nitro benzene ring substituents is 1. The van der Waals surface area contributed by atoms with Gasteiger partial charge in [0.1, 0.15) is 24.1 Å². The van der Waals surface area contributed by atoms with E-state index in [9.17, 15) is 25.4 Å². The van der Waals surface area contributed by atoms with Crippen LogP contribution in [0.25, 0.3) is 0 Å². The van der Waals surface area contributed by atoms with Crippen molar-refractivity contribution in [2.24, 2.45) is 0 Å². The quantitative estimate of drug-likeness (QED) is 0.400. The van der Waals surface area contributed by atoms with Gasteiger partial charge >= 0.3 is 0 Å². The number of hydrogen-bond acceptors (Lipinski definition) is 8. The van der Waals surface area contributed by atoms with Gasteiger partial charge in [-0.3, -0.25) is 10.1 Å². The van der Waals surface area contributed by atoms with E-state index in [1.54, 1.807) is 0 Å². The fourth-order valence-corrected chi connectivity index (χ4v) is 2.00. The van der Waals surface area contributed by atoms with Crippen molar-refractivity contribution >= 4 is 5.69 Å². The van der Waals surface area contributed by atoms with Gasteiger partial charge in [-0.25, -0.2) is 0 Å². The molecule has 0 spiro atoms. The summed E-state index contributed by atoms with van der Waals surface area (Å²) in [5.41, 5.74) is -0.135. The lowest BCUT2D eigenvalue weighted by molar-refractivity contribution is -0.384. The summed E-state index contributed by atoms with van der Waals surface area (Å²) in [5, 5.41) is 48.8. The van der Waals surface area contributed by atoms with E-state index in [1.165, 1.54) is 24.3 Å². The molecule has 0 bridgehead atoms. The molecule has 1 saturated heterocycles. The Morgan fingerprint density at radius 1 is 1.19 bits per heavy atom. The van der Waals surface area contributed by atoms with Crippen molar-refractivity contribution in [2.75, 3.05) is 6.61 Å². The second-order valence-corrected chi connectivity index (χ2v) is 4.56. The molecule has 21 heavy (non-hydrogen) atoms. The fourth-order valence-electron chi connectivity index (χ4n) is 2.00. The number of nitrogens with zero attached hydrogens (tertiary/aromatic N) is 1. The first-order valence-electron chi connectivity index (χ1n) is 6.15. The number of rotatable bonds is 4. The molecule has 0 radical (unpaired) electrons. The van der Waals surface area contributed by atoms with Gasteiger partial charge in [0.15, 0.2) is 12.4 Å². The zero-order valence-corrected chi connectivity index (χ0v) is 10.8. The maximum absolute atomic E-state index is 10.5. The first-order valence-corrected chi connectivity index (χ1v) is 6.15. The van der Waals surface area contributed by atoms with E-state index in [0.717, 1.165) is 0 Å². The molecule has 5 atom stereocenters. The van der Waals surface area contributed by atoms with E-state index in [4.69, 9.17) is 14.6 Å². The minimum atomic E-state index is -1.56. The second kappa shape index (κ2) is 6.33. The lowest BCUT2D eigenvalue weighted by atomic mass is 9.99. The van der Waals surface area contributed by atoms with Gasteiger partial charge in [0.2, 0.25) is 0 Å². The fraction of sp³-hybridized carbons (Fsp3) is 0.500. The standard InChI is InChI=1S/C12H15NO8/c14-5-8-9(15)10(16)11(12(17)21-8)20-7-3-1-6(2-4-7)13(18)19/h1-4,8-12,14-17H,5H2/t8-,9-,10+,11-,12+/m1/s1. The Morgan fingerprint density at radius 2 is 1.81 bits per heavy atom. The Hall–Kier alpha value is -1.78. The largest absolute Gasteiger partial charge is 0.482 e. The molecule has 1 aromatic carbocycles. The van der Waals surface area contributed by atoms with Gasteiger partial charge in [0, 0.05) is 12.1 Å². The smallest absolute Gasteiger partial charge is 0.269 e. The molecule has 9 nitrogen and oxygen atoms in total. The van der Waals surface area contributed by atoms with Crippen molar-refractivity contribution in [2.45, 2.75) is 30.7 Å². The van der Waals surface area contributed by atoms with E-state index < -0.39 is 42.2 Å². The molecule has 1 aromatic rings. The first kappa shape index (κ1) is 15.6. The Morgan fingerprint density at radius 3 is 2.33 bits per heavy atom. The number of aliphatic hydroxyl groups is 4. The Bertz CT molecular complexity index is 493. The van der Waals surface area contributed by atoms with Crippen LogP contribution in [-0.4, -0.2) is 62.7 Å². The van der Waals surface area contributed by atoms with E-state index in [-0.39, 0.29) is 11.4 Å². The summed E-state index contributed by atoms with van der Waals surface area (Å²) in [6.07, 6.45) is -6.88. The van der Waals surface area contributed by atoms with Gasteiger partial charge in [-0.2, -0.15) is 0 Å². The molecule has 9 heteroatoms. The molecule has 1 aliphatic heterocycles. The second-order valence-electron chi connectivity index (χ2n) is 4.56. The SMILES string of the molecule is O=[N+]([O-])c1ccc(O[C@@H]2[C@@H](O)[C@H](O)[C@@H](CO)O[C@@H]2O)cc1. The highest BCUT2D eigenvalue weighted by molar-refractivity contribution is 5.36. The summed E-state index contributed by atoms with van der Waals surface area (Å²) in [7, 11) is 0. The third-order valence-electron chi connectivity index (χ3n) is 3.16. The Balaban J connectivity index is 2.09. The molecule has 1 fully saturated rings. The summed E-state index contributed by atoms with van der Waals surface area (Å²) in [5.74, 6) is 0.155. The van der Waals surface area contributed by atoms with E-state index in [0.29, 0.717) is 0 Å². The molecule has 0 amide bonds. The van der Waals surface area contributed by atoms with Crippen LogP contribution < -0.4 is 4.74 Å². The number of nitro benzene ring substituents is 1. The summed E-state index contributed by atoms with van der Waals surface area (Å²) >= 11 is 0. The average molecular weight is 301 g/mol. The van der Waals surface area contributed by atoms with Gasteiger partial charge < -0.3 is 29.9 Å². The molecule has 0 unspecified atom stereocenters. The highest BCUT2D eigenvalue weighted by Crippen LogP contribution is 2.25. The molecule has 0 saturated carbocycles. The predicted octanol–water partition coefficient (Wildman–Crippen LogP) is -1.23. The highest BCUT2D eigenvalue weighted by Gasteiger charge is 2.45. The van der Waals surface area contributed by atoms with Gasteiger partial charge in [0.25, 0.3) is 5.69 Å². The number of ether oxygens (including phenoxy) is 2. The van der Waals surface area contributed by atoms with Gasteiger partial charge in [-0.05, 0) is 12.1 Å². The van der Waals surface area contributed by atoms with Crippen molar-refractivity contribution in [3.05, 3.63) is 34.4 Å². The predicted molar refractivity (Wildman–Crippen MR) is 67.5 cm³/mol. The molecule has 1 aliphatic rings. The lowest BCUT2D eigenvalue weighted by Gasteiger charge is -2.39. The monoisotopic (exact) mass is 301 g/mol. The molecule has 0 aromatic heterocycles. The zero-order valence-electron chi connectivity index (χ0n) is 10.8. The van der Waals surface area contributed by atoms with Gasteiger partial charge in [0.05, 0.1) is 11.5 Å². The molecule has 1 heterocycles. The van der Waals surface area contributed by atoms with Crippen LogP contribution >= 0.6 is 0 Å². The normalized spacial score (nSPS) is 32.7. The summed E-state index contributed by atoms with van der Waals surface area (Å²) in [4.78, 5) is 9.95. The van der Waals surface area contributed by atoms with Gasteiger partial charge in [-0.1, -0.05) is 0 Å². The minimum absolute atomic E-state index is 0.135. The molecule has 4 N–H and O–H groups in total. The van der Waals surface area contributed by atoms with Crippen LogP contribution in [0.5, 0.6) is 5.75 Å². The Kier molecular flexibility index (Phi) is 4.70. The maximum Gasteiger partial charge on any atom is 0.269 e. The van der Waals surface area contributed by atoms with Crippen molar-refractivity contribution in [3.8, 4) is 5.75 Å². The lowest BCUT2D eigenvalue weighted by Crippen LogP contribution is -2.60. The van der Waals surface area contributed by atoms with E-state index in [2.05, 4.69) is 0 Å². The average Bonchev–Trinajstić information content (AvgIpc) is 2.47. The maximum atomic E-state index is 10.5. The third-order valence-corrected chi connectivity index (χ3v) is 3.16. The van der Waals surface area contributed by atoms with Crippen LogP contribution in [0, 0.1) is 10.1 Å². The van der Waals surface area contributed by atoms with Crippen LogP contribution in [-0.2, 0) is 4.74 Å². The van der Waals surface area contributed by atoms with Crippen molar-refractivity contribution in [3.63, 3.8) is 0 Å². The van der Waals surface area contributed by atoms with Crippen LogP contribution in [0.2, 0.25) is 0 Å². The summed E-state index contributed by atoms with van der Waals surface area (Å²) in [6, 6.07) is 4.99. The number of aliphatic hydroxyl groups excluding tert-OH is 4. The third kappa shape index (κ3) is 3.28. The van der Waals surface area contributed by atoms with E-state index in [1.807, 2.05) is 0 Å². The van der Waals surface area contributed by atoms with Crippen LogP contribution in [0.1, 0.15) is 0 Å². The molecule has 2 rings (SSSR count). The minimum Gasteiger partial charge on any atom is -0.482 e. The first-order chi connectivity index (χ1) is 9.93. The van der Waals surface area contributed by atoms with Crippen molar-refractivity contribution < 1.29 is 34.8 Å². The van der Waals surface area contributed by atoms with E-state index >= 15 is 0 Å². The molecule has 0 aliphatic carbocycles. The molecule has 116 valence electrons. The zero-order chi connectivity index (χ0) is 15.6. The highest BCUT2D eigenvalue weighted by atomic mass is 16.7. The van der Waals surface area contributed by atoms with Gasteiger partial charge in [-0.15, -0.1) is 0 Å².